The maximum Gasteiger partial charge on any atom is 0.251 e. The van der Waals surface area contributed by atoms with Gasteiger partial charge >= 0.3 is 0 Å². The van der Waals surface area contributed by atoms with E-state index in [4.69, 9.17) is 0 Å². The molecular weight excluding hydrogens is 300 g/mol. The lowest BCUT2D eigenvalue weighted by Gasteiger charge is -2.28. The first-order valence-electron chi connectivity index (χ1n) is 8.16. The van der Waals surface area contributed by atoms with Crippen molar-refractivity contribution < 1.29 is 9.59 Å². The van der Waals surface area contributed by atoms with Crippen molar-refractivity contribution in [2.75, 3.05) is 13.1 Å². The first kappa shape index (κ1) is 17.7. The van der Waals surface area contributed by atoms with E-state index in [2.05, 4.69) is 5.32 Å². The van der Waals surface area contributed by atoms with Gasteiger partial charge in [0.15, 0.2) is 0 Å². The van der Waals surface area contributed by atoms with E-state index in [1.54, 1.807) is 17.9 Å². The van der Waals surface area contributed by atoms with Crippen molar-refractivity contribution in [2.24, 2.45) is 0 Å². The molecule has 0 aliphatic rings. The Kier molecular flexibility index (Phi) is 6.13. The third-order valence-electron chi connectivity index (χ3n) is 4.18. The zero-order valence-electron chi connectivity index (χ0n) is 14.5. The molecule has 2 rings (SSSR count). The van der Waals surface area contributed by atoms with Crippen molar-refractivity contribution in [3.63, 3.8) is 0 Å². The van der Waals surface area contributed by atoms with E-state index < -0.39 is 0 Å². The van der Waals surface area contributed by atoms with Gasteiger partial charge in [-0.2, -0.15) is 0 Å². The van der Waals surface area contributed by atoms with Crippen molar-refractivity contribution in [3.8, 4) is 0 Å². The molecule has 0 aliphatic heterocycles. The number of carbonyl (C=O) groups excluding carboxylic acids is 2. The van der Waals surface area contributed by atoms with E-state index in [0.717, 1.165) is 11.1 Å². The summed E-state index contributed by atoms with van der Waals surface area (Å²) in [5.41, 5.74) is 2.69. The monoisotopic (exact) mass is 324 g/mol. The fourth-order valence-corrected chi connectivity index (χ4v) is 2.75. The summed E-state index contributed by atoms with van der Waals surface area (Å²) in [7, 11) is 0. The second kappa shape index (κ2) is 8.29. The fraction of sp³-hybridized carbons (Fsp3) is 0.300. The van der Waals surface area contributed by atoms with Gasteiger partial charge in [-0.3, -0.25) is 9.59 Å². The van der Waals surface area contributed by atoms with Crippen LogP contribution < -0.4 is 5.32 Å². The Morgan fingerprint density at radius 2 is 1.67 bits per heavy atom. The number of rotatable bonds is 6. The topological polar surface area (TPSA) is 49.4 Å². The largest absolute Gasteiger partial charge is 0.350 e. The van der Waals surface area contributed by atoms with Crippen LogP contribution in [0.4, 0.5) is 0 Å². The number of nitrogens with zero attached hydrogens (tertiary/aromatic N) is 1. The van der Waals surface area contributed by atoms with E-state index in [1.165, 1.54) is 0 Å². The molecule has 0 aliphatic carbocycles. The zero-order valence-corrected chi connectivity index (χ0v) is 14.5. The van der Waals surface area contributed by atoms with Gasteiger partial charge in [-0.05, 0) is 31.0 Å². The van der Waals surface area contributed by atoms with Crippen LogP contribution in [0.5, 0.6) is 0 Å². The Hall–Kier alpha value is -2.62. The number of amides is 2. The van der Waals surface area contributed by atoms with Gasteiger partial charge in [0, 0.05) is 25.6 Å². The predicted molar refractivity (Wildman–Crippen MR) is 95.8 cm³/mol. The van der Waals surface area contributed by atoms with Crippen LogP contribution in [0, 0.1) is 6.92 Å². The molecule has 0 heterocycles. The fourth-order valence-electron chi connectivity index (χ4n) is 2.75. The van der Waals surface area contributed by atoms with Crippen molar-refractivity contribution >= 4 is 11.8 Å². The van der Waals surface area contributed by atoms with Gasteiger partial charge in [-0.1, -0.05) is 48.5 Å². The minimum Gasteiger partial charge on any atom is -0.350 e. The smallest absolute Gasteiger partial charge is 0.251 e. The summed E-state index contributed by atoms with van der Waals surface area (Å²) < 4.78 is 0. The summed E-state index contributed by atoms with van der Waals surface area (Å²) in [4.78, 5) is 26.0. The van der Waals surface area contributed by atoms with Crippen LogP contribution in [0.2, 0.25) is 0 Å². The second-order valence-corrected chi connectivity index (χ2v) is 5.87. The molecule has 2 amide bonds. The predicted octanol–water partition coefficient (Wildman–Crippen LogP) is 3.33. The van der Waals surface area contributed by atoms with Crippen molar-refractivity contribution in [2.45, 2.75) is 26.8 Å². The number of nitrogens with one attached hydrogen (secondary N) is 1. The first-order chi connectivity index (χ1) is 11.5. The molecule has 0 radical (unpaired) electrons. The highest BCUT2D eigenvalue weighted by Crippen LogP contribution is 2.19. The first-order valence-corrected chi connectivity index (χ1v) is 8.16. The maximum atomic E-state index is 12.2. The molecule has 2 aromatic rings. The Morgan fingerprint density at radius 3 is 2.29 bits per heavy atom. The molecular formula is C20H24N2O2. The number of hydrogen-bond acceptors (Lipinski definition) is 2. The van der Waals surface area contributed by atoms with Gasteiger partial charge in [0.05, 0.1) is 6.04 Å². The average Bonchev–Trinajstić information content (AvgIpc) is 2.59. The number of benzene rings is 2. The lowest BCUT2D eigenvalue weighted by molar-refractivity contribution is -0.130. The quantitative estimate of drug-likeness (QED) is 0.886. The van der Waals surface area contributed by atoms with Crippen LogP contribution in [-0.4, -0.2) is 29.8 Å². The zero-order chi connectivity index (χ0) is 17.5. The maximum absolute atomic E-state index is 12.2. The highest BCUT2D eigenvalue weighted by Gasteiger charge is 2.18. The molecule has 126 valence electrons. The number of aryl methyl sites for hydroxylation is 1. The van der Waals surface area contributed by atoms with Crippen LogP contribution >= 0.6 is 0 Å². The van der Waals surface area contributed by atoms with Crippen LogP contribution in [0.3, 0.4) is 0 Å². The summed E-state index contributed by atoms with van der Waals surface area (Å²) in [6.07, 6.45) is 0. The minimum absolute atomic E-state index is 0.00325. The third kappa shape index (κ3) is 4.44. The molecule has 24 heavy (non-hydrogen) atoms. The van der Waals surface area contributed by atoms with Gasteiger partial charge < -0.3 is 10.2 Å². The van der Waals surface area contributed by atoms with Crippen LogP contribution in [-0.2, 0) is 4.79 Å². The van der Waals surface area contributed by atoms with Gasteiger partial charge in [0.25, 0.3) is 5.91 Å². The molecule has 4 heteroatoms. The number of hydrogen-bond donors (Lipinski definition) is 1. The van der Waals surface area contributed by atoms with Crippen molar-refractivity contribution in [1.82, 2.24) is 10.2 Å². The van der Waals surface area contributed by atoms with Gasteiger partial charge in [0.1, 0.15) is 0 Å². The van der Waals surface area contributed by atoms with E-state index in [1.807, 2.05) is 62.4 Å². The van der Waals surface area contributed by atoms with E-state index in [9.17, 15) is 9.59 Å². The molecule has 1 atom stereocenters. The summed E-state index contributed by atoms with van der Waals surface area (Å²) in [6, 6.07) is 17.3. The second-order valence-electron chi connectivity index (χ2n) is 5.87. The van der Waals surface area contributed by atoms with Gasteiger partial charge in [0.2, 0.25) is 5.91 Å². The summed E-state index contributed by atoms with van der Waals surface area (Å²) >= 11 is 0. The Labute approximate surface area is 143 Å². The van der Waals surface area contributed by atoms with E-state index in [-0.39, 0.29) is 17.9 Å². The summed E-state index contributed by atoms with van der Waals surface area (Å²) in [6.45, 7) is 6.36. The van der Waals surface area contributed by atoms with Crippen molar-refractivity contribution in [3.05, 3.63) is 71.3 Å². The Bertz CT molecular complexity index is 698. The summed E-state index contributed by atoms with van der Waals surface area (Å²) in [5.74, 6) is -0.111. The van der Waals surface area contributed by atoms with Gasteiger partial charge in [-0.15, -0.1) is 0 Å². The SMILES string of the molecule is CC(=O)N(CCNC(=O)c1ccccc1C)C(C)c1ccccc1. The van der Waals surface area contributed by atoms with Gasteiger partial charge in [-0.25, -0.2) is 0 Å². The molecule has 1 unspecified atom stereocenters. The highest BCUT2D eigenvalue weighted by molar-refractivity contribution is 5.95. The van der Waals surface area contributed by atoms with Crippen molar-refractivity contribution in [1.29, 1.82) is 0 Å². The molecule has 0 fully saturated rings. The molecule has 0 saturated carbocycles. The van der Waals surface area contributed by atoms with Crippen LogP contribution in [0.1, 0.15) is 41.4 Å². The molecule has 0 spiro atoms. The molecule has 4 nitrogen and oxygen atoms in total. The standard InChI is InChI=1S/C20H24N2O2/c1-15-9-7-8-12-19(15)20(24)21-13-14-22(17(3)23)16(2)18-10-5-4-6-11-18/h4-12,16H,13-14H2,1-3H3,(H,21,24). The normalized spacial score (nSPS) is 11.6. The molecule has 0 bridgehead atoms. The molecule has 0 saturated heterocycles. The lowest BCUT2D eigenvalue weighted by Crippen LogP contribution is -2.39. The molecule has 0 aromatic heterocycles. The lowest BCUT2D eigenvalue weighted by atomic mass is 10.1. The van der Waals surface area contributed by atoms with Crippen LogP contribution in [0.15, 0.2) is 54.6 Å². The highest BCUT2D eigenvalue weighted by atomic mass is 16.2. The molecule has 2 aromatic carbocycles. The average molecular weight is 324 g/mol. The summed E-state index contributed by atoms with van der Waals surface area (Å²) in [5, 5.41) is 2.90. The Morgan fingerprint density at radius 1 is 1.04 bits per heavy atom. The third-order valence-corrected chi connectivity index (χ3v) is 4.18. The van der Waals surface area contributed by atoms with E-state index in [0.29, 0.717) is 18.7 Å². The van der Waals surface area contributed by atoms with E-state index >= 15 is 0 Å². The number of carbonyl (C=O) groups is 2. The minimum atomic E-state index is -0.107. The Balaban J connectivity index is 1.96. The molecule has 1 N–H and O–H groups in total. The van der Waals surface area contributed by atoms with Crippen LogP contribution in [0.25, 0.3) is 0 Å².